The minimum atomic E-state index is -0.759. The number of carbonyl (C=O) groups excluding carboxylic acids is 2. The summed E-state index contributed by atoms with van der Waals surface area (Å²) in [7, 11) is 1.57. The van der Waals surface area contributed by atoms with E-state index in [9.17, 15) is 24.8 Å². The molecule has 0 unspecified atom stereocenters. The second-order valence-corrected chi connectivity index (χ2v) is 10.0. The number of non-ortho nitro benzene ring substituents is 1. The number of nitro groups is 1. The molecule has 1 aliphatic heterocycles. The lowest BCUT2D eigenvalue weighted by atomic mass is 10.0. The van der Waals surface area contributed by atoms with E-state index in [1.54, 1.807) is 69.1 Å². The van der Waals surface area contributed by atoms with Crippen LogP contribution in [0.1, 0.15) is 31.9 Å². The fourth-order valence-corrected chi connectivity index (χ4v) is 4.02. The predicted octanol–water partition coefficient (Wildman–Crippen LogP) is 3.42. The Hall–Kier alpha value is -3.66. The average Bonchev–Trinajstić information content (AvgIpc) is 2.82. The minimum absolute atomic E-state index is 0.0583. The number of likely N-dealkylation sites (N-methyl/N-ethyl adjacent to an activating group) is 1. The monoisotopic (exact) mass is 498 g/mol. The maximum atomic E-state index is 13.6. The number of phenols is 1. The topological polar surface area (TPSA) is 116 Å². The highest BCUT2D eigenvalue weighted by Gasteiger charge is 2.34. The van der Waals surface area contributed by atoms with Crippen LogP contribution in [0.15, 0.2) is 48.5 Å². The molecule has 0 bridgehead atoms. The molecule has 1 saturated heterocycles. The number of hydrogen-bond donors (Lipinski definition) is 1. The number of carbonyl (C=O) groups is 2. The molecular formula is C26H34N4O6. The lowest BCUT2D eigenvalue weighted by Gasteiger charge is -2.38. The molecule has 10 nitrogen and oxygen atoms in total. The average molecular weight is 499 g/mol. The third kappa shape index (κ3) is 7.42. The van der Waals surface area contributed by atoms with Crippen molar-refractivity contribution >= 4 is 17.7 Å². The molecule has 0 radical (unpaired) electrons. The molecule has 2 amide bonds. The first-order valence-electron chi connectivity index (χ1n) is 11.9. The summed E-state index contributed by atoms with van der Waals surface area (Å²) in [6.45, 7) is 8.25. The molecule has 0 spiro atoms. The lowest BCUT2D eigenvalue weighted by Crippen LogP contribution is -2.56. The van der Waals surface area contributed by atoms with Crippen molar-refractivity contribution in [2.75, 3.05) is 33.2 Å². The van der Waals surface area contributed by atoms with Gasteiger partial charge in [0.05, 0.1) is 4.92 Å². The van der Waals surface area contributed by atoms with E-state index in [0.717, 1.165) is 11.1 Å². The number of hydrogen-bond acceptors (Lipinski definition) is 7. The van der Waals surface area contributed by atoms with Crippen molar-refractivity contribution in [1.82, 2.24) is 14.7 Å². The predicted molar refractivity (Wildman–Crippen MR) is 135 cm³/mol. The summed E-state index contributed by atoms with van der Waals surface area (Å²) in [5.41, 5.74) is 1.15. The third-order valence-corrected chi connectivity index (χ3v) is 6.04. The van der Waals surface area contributed by atoms with E-state index in [0.29, 0.717) is 32.7 Å². The largest absolute Gasteiger partial charge is 0.508 e. The zero-order valence-electron chi connectivity index (χ0n) is 21.2. The van der Waals surface area contributed by atoms with Crippen molar-refractivity contribution in [3.63, 3.8) is 0 Å². The van der Waals surface area contributed by atoms with Crippen molar-refractivity contribution in [2.45, 2.75) is 45.4 Å². The SMILES string of the molecule is CN(C(=O)OC(C)(C)C)[C@@H](Cc1ccc(O)cc1)C(=O)N1CCN(Cc2ccc([N+](=O)[O-])cc2)CC1. The van der Waals surface area contributed by atoms with Gasteiger partial charge in [0.15, 0.2) is 0 Å². The Labute approximate surface area is 211 Å². The van der Waals surface area contributed by atoms with E-state index < -0.39 is 22.7 Å². The highest BCUT2D eigenvalue weighted by Crippen LogP contribution is 2.19. The van der Waals surface area contributed by atoms with Crippen LogP contribution in [0.4, 0.5) is 10.5 Å². The van der Waals surface area contributed by atoms with Crippen LogP contribution < -0.4 is 0 Å². The van der Waals surface area contributed by atoms with Crippen molar-refractivity contribution in [3.05, 3.63) is 69.8 Å². The molecule has 1 aliphatic rings. The fourth-order valence-electron chi connectivity index (χ4n) is 4.02. The lowest BCUT2D eigenvalue weighted by molar-refractivity contribution is -0.384. The summed E-state index contributed by atoms with van der Waals surface area (Å²) in [5.74, 6) is -0.0299. The van der Waals surface area contributed by atoms with E-state index in [1.807, 2.05) is 0 Å². The van der Waals surface area contributed by atoms with Gasteiger partial charge in [-0.3, -0.25) is 24.7 Å². The van der Waals surface area contributed by atoms with Gasteiger partial charge in [-0.05, 0) is 44.0 Å². The number of nitrogens with zero attached hydrogens (tertiary/aromatic N) is 4. The molecule has 1 N–H and O–H groups in total. The molecule has 3 rings (SSSR count). The highest BCUT2D eigenvalue weighted by atomic mass is 16.6. The second kappa shape index (κ2) is 11.4. The number of rotatable bonds is 7. The van der Waals surface area contributed by atoms with E-state index in [4.69, 9.17) is 4.74 Å². The molecule has 0 saturated carbocycles. The van der Waals surface area contributed by atoms with E-state index in [2.05, 4.69) is 4.90 Å². The number of phenolic OH excluding ortho intramolecular Hbond substituents is 1. The van der Waals surface area contributed by atoms with Gasteiger partial charge in [-0.15, -0.1) is 0 Å². The maximum Gasteiger partial charge on any atom is 0.410 e. The van der Waals surface area contributed by atoms with Gasteiger partial charge in [-0.25, -0.2) is 4.79 Å². The van der Waals surface area contributed by atoms with Crippen LogP contribution in [-0.4, -0.2) is 81.6 Å². The molecule has 1 fully saturated rings. The summed E-state index contributed by atoms with van der Waals surface area (Å²) >= 11 is 0. The second-order valence-electron chi connectivity index (χ2n) is 10.0. The van der Waals surface area contributed by atoms with Gasteiger partial charge in [-0.2, -0.15) is 0 Å². The van der Waals surface area contributed by atoms with Crippen molar-refractivity contribution in [1.29, 1.82) is 0 Å². The number of aromatic hydroxyl groups is 1. The molecule has 2 aromatic rings. The first-order valence-corrected chi connectivity index (χ1v) is 11.9. The summed E-state index contributed by atoms with van der Waals surface area (Å²) in [5, 5.41) is 20.5. The van der Waals surface area contributed by atoms with Crippen molar-refractivity contribution in [3.8, 4) is 5.75 Å². The number of ether oxygens (including phenoxy) is 1. The Balaban J connectivity index is 1.66. The highest BCUT2D eigenvalue weighted by molar-refractivity contribution is 5.86. The Morgan fingerprint density at radius 1 is 1.03 bits per heavy atom. The van der Waals surface area contributed by atoms with Gasteiger partial charge in [0.2, 0.25) is 5.91 Å². The summed E-state index contributed by atoms with van der Waals surface area (Å²) in [6.07, 6.45) is -0.283. The molecule has 0 aliphatic carbocycles. The Morgan fingerprint density at radius 3 is 2.11 bits per heavy atom. The molecule has 10 heteroatoms. The van der Waals surface area contributed by atoms with Gasteiger partial charge in [-0.1, -0.05) is 24.3 Å². The maximum absolute atomic E-state index is 13.6. The van der Waals surface area contributed by atoms with E-state index >= 15 is 0 Å². The van der Waals surface area contributed by atoms with Crippen LogP contribution in [-0.2, 0) is 22.5 Å². The molecule has 194 valence electrons. The number of piperazine rings is 1. The zero-order chi connectivity index (χ0) is 26.5. The quantitative estimate of drug-likeness (QED) is 0.459. The molecule has 1 atom stereocenters. The van der Waals surface area contributed by atoms with Gasteiger partial charge in [0.25, 0.3) is 5.69 Å². The summed E-state index contributed by atoms with van der Waals surface area (Å²) < 4.78 is 5.51. The first-order chi connectivity index (χ1) is 16.9. The number of nitro benzene ring substituents is 1. The van der Waals surface area contributed by atoms with E-state index in [1.165, 1.54) is 17.0 Å². The Morgan fingerprint density at radius 2 is 1.58 bits per heavy atom. The molecule has 1 heterocycles. The molecule has 0 aromatic heterocycles. The Kier molecular flexibility index (Phi) is 8.52. The zero-order valence-corrected chi connectivity index (χ0v) is 21.2. The standard InChI is InChI=1S/C26H34N4O6/c1-26(2,3)36-25(33)27(4)23(17-19-7-11-22(31)12-8-19)24(32)29-15-13-28(14-16-29)18-20-5-9-21(10-6-20)30(34)35/h5-12,23,31H,13-18H2,1-4H3/t23-/m0/s1. The smallest absolute Gasteiger partial charge is 0.410 e. The number of amides is 2. The van der Waals surface area contributed by atoms with Crippen LogP contribution in [0, 0.1) is 10.1 Å². The van der Waals surface area contributed by atoms with Gasteiger partial charge in [0, 0.05) is 58.3 Å². The summed E-state index contributed by atoms with van der Waals surface area (Å²) in [6, 6.07) is 12.3. The van der Waals surface area contributed by atoms with Crippen molar-refractivity contribution in [2.24, 2.45) is 0 Å². The van der Waals surface area contributed by atoms with Crippen molar-refractivity contribution < 1.29 is 24.4 Å². The molecule has 36 heavy (non-hydrogen) atoms. The van der Waals surface area contributed by atoms with Crippen LogP contribution in [0.25, 0.3) is 0 Å². The number of benzene rings is 2. The van der Waals surface area contributed by atoms with Crippen LogP contribution in [0.3, 0.4) is 0 Å². The van der Waals surface area contributed by atoms with E-state index in [-0.39, 0.29) is 23.8 Å². The normalized spacial score (nSPS) is 15.3. The van der Waals surface area contributed by atoms with Gasteiger partial charge < -0.3 is 14.7 Å². The first kappa shape index (κ1) is 26.9. The summed E-state index contributed by atoms with van der Waals surface area (Å²) in [4.78, 5) is 42.1. The minimum Gasteiger partial charge on any atom is -0.508 e. The van der Waals surface area contributed by atoms with Crippen LogP contribution >= 0.6 is 0 Å². The van der Waals surface area contributed by atoms with Crippen LogP contribution in [0.5, 0.6) is 5.75 Å². The third-order valence-electron chi connectivity index (χ3n) is 6.04. The Bertz CT molecular complexity index is 1060. The molecule has 2 aromatic carbocycles. The van der Waals surface area contributed by atoms with Gasteiger partial charge in [0.1, 0.15) is 17.4 Å². The van der Waals surface area contributed by atoms with Crippen LogP contribution in [0.2, 0.25) is 0 Å². The van der Waals surface area contributed by atoms with Gasteiger partial charge >= 0.3 is 6.09 Å². The fraction of sp³-hybridized carbons (Fsp3) is 0.462. The molecular weight excluding hydrogens is 464 g/mol.